The molecule has 4 nitrogen and oxygen atoms in total. The van der Waals surface area contributed by atoms with Gasteiger partial charge in [-0.3, -0.25) is 4.79 Å². The van der Waals surface area contributed by atoms with E-state index in [0.717, 1.165) is 0 Å². The lowest BCUT2D eigenvalue weighted by atomic mass is 9.98. The summed E-state index contributed by atoms with van der Waals surface area (Å²) < 4.78 is 6.20. The lowest BCUT2D eigenvalue weighted by Gasteiger charge is -2.06. The molecule has 120 valence electrons. The predicted octanol–water partition coefficient (Wildman–Crippen LogP) is 5.06. The van der Waals surface area contributed by atoms with E-state index in [0.29, 0.717) is 42.9 Å². The molecule has 1 aromatic heterocycles. The number of hydrogen-bond acceptors (Lipinski definition) is 4. The quantitative estimate of drug-likeness (QED) is 0.446. The number of nitriles is 1. The Balaban J connectivity index is 2.24. The number of fused-ring (bicyclic) bond motifs is 1. The highest BCUT2D eigenvalue weighted by Crippen LogP contribution is 2.32. The molecule has 0 aliphatic carbocycles. The van der Waals surface area contributed by atoms with Crippen LogP contribution in [0.4, 0.5) is 0 Å². The first-order valence-electron chi connectivity index (χ1n) is 7.14. The molecule has 2 aromatic carbocycles. The second kappa shape index (κ2) is 6.46. The molecule has 3 aromatic rings. The number of hydrogen-bond donors (Lipinski definition) is 1. The summed E-state index contributed by atoms with van der Waals surface area (Å²) in [5.41, 5.74) is 1.43. The van der Waals surface area contributed by atoms with Gasteiger partial charge in [0.2, 0.25) is 0 Å². The van der Waals surface area contributed by atoms with E-state index in [1.165, 1.54) is 6.07 Å². The Morgan fingerprint density at radius 2 is 2.12 bits per heavy atom. The van der Waals surface area contributed by atoms with Gasteiger partial charge in [-0.05, 0) is 52.9 Å². The largest absolute Gasteiger partial charge is 0.505 e. The van der Waals surface area contributed by atoms with Crippen molar-refractivity contribution in [1.82, 2.24) is 0 Å². The van der Waals surface area contributed by atoms with Gasteiger partial charge in [0.15, 0.2) is 5.78 Å². The molecule has 0 saturated carbocycles. The average molecular weight is 452 g/mol. The van der Waals surface area contributed by atoms with Crippen molar-refractivity contribution in [1.29, 1.82) is 5.26 Å². The van der Waals surface area contributed by atoms with Crippen molar-refractivity contribution in [2.24, 2.45) is 0 Å². The van der Waals surface area contributed by atoms with Crippen molar-refractivity contribution >= 4 is 50.9 Å². The number of phenols is 1. The number of carbonyl (C=O) groups excluding carboxylic acids is 1. The number of aromatic hydroxyl groups is 1. The molecule has 6 heteroatoms. The molecule has 0 unspecified atom stereocenters. The van der Waals surface area contributed by atoms with Crippen LogP contribution >= 0.6 is 34.2 Å². The Hall–Kier alpha value is -2.04. The normalized spacial score (nSPS) is 10.8. The van der Waals surface area contributed by atoms with E-state index in [-0.39, 0.29) is 17.1 Å². The Morgan fingerprint density at radius 1 is 1.38 bits per heavy atom. The number of halogens is 2. The molecular weight excluding hydrogens is 441 g/mol. The van der Waals surface area contributed by atoms with Crippen molar-refractivity contribution in [2.75, 3.05) is 0 Å². The summed E-state index contributed by atoms with van der Waals surface area (Å²) in [6.07, 6.45) is 0.549. The Bertz CT molecular complexity index is 1020. The third-order valence-corrected chi connectivity index (χ3v) is 4.77. The molecule has 0 spiro atoms. The van der Waals surface area contributed by atoms with Crippen molar-refractivity contribution in [3.63, 3.8) is 0 Å². The van der Waals surface area contributed by atoms with Gasteiger partial charge < -0.3 is 9.52 Å². The molecule has 0 saturated heterocycles. The summed E-state index contributed by atoms with van der Waals surface area (Å²) in [5.74, 6) is 0.187. The molecule has 0 fully saturated rings. The number of aryl methyl sites for hydroxylation is 1. The highest BCUT2D eigenvalue weighted by molar-refractivity contribution is 14.1. The molecule has 0 amide bonds. The number of ketones is 1. The van der Waals surface area contributed by atoms with Crippen molar-refractivity contribution in [2.45, 2.75) is 13.3 Å². The second-order valence-electron chi connectivity index (χ2n) is 5.19. The maximum atomic E-state index is 13.0. The van der Waals surface area contributed by atoms with Gasteiger partial charge >= 0.3 is 0 Å². The molecule has 0 bridgehead atoms. The monoisotopic (exact) mass is 451 g/mol. The SMILES string of the molecule is CCc1oc2ccc(Cl)cc2c1C(=O)c1cc(I)c(O)c(C#N)c1. The van der Waals surface area contributed by atoms with Crippen LogP contribution in [0.15, 0.2) is 34.7 Å². The first-order chi connectivity index (χ1) is 11.5. The van der Waals surface area contributed by atoms with Gasteiger partial charge in [-0.1, -0.05) is 18.5 Å². The maximum Gasteiger partial charge on any atom is 0.197 e. The van der Waals surface area contributed by atoms with Crippen LogP contribution in [0.1, 0.15) is 34.2 Å². The zero-order chi connectivity index (χ0) is 17.4. The topological polar surface area (TPSA) is 74.2 Å². The van der Waals surface area contributed by atoms with Gasteiger partial charge in [0.05, 0.1) is 14.7 Å². The van der Waals surface area contributed by atoms with Gasteiger partial charge in [0.1, 0.15) is 23.2 Å². The van der Waals surface area contributed by atoms with Crippen LogP contribution in [0.2, 0.25) is 5.02 Å². The molecule has 1 heterocycles. The van der Waals surface area contributed by atoms with Gasteiger partial charge in [-0.2, -0.15) is 5.26 Å². The summed E-state index contributed by atoms with van der Waals surface area (Å²) in [6, 6.07) is 9.98. The van der Waals surface area contributed by atoms with E-state index in [1.54, 1.807) is 24.3 Å². The van der Waals surface area contributed by atoms with Gasteiger partial charge in [0, 0.05) is 22.4 Å². The zero-order valence-corrected chi connectivity index (χ0v) is 15.5. The molecule has 0 atom stereocenters. The van der Waals surface area contributed by atoms with Crippen LogP contribution in [-0.4, -0.2) is 10.9 Å². The van der Waals surface area contributed by atoms with Crippen molar-refractivity contribution in [3.8, 4) is 11.8 Å². The van der Waals surface area contributed by atoms with Crippen LogP contribution < -0.4 is 0 Å². The molecular formula is C18H11ClINO3. The van der Waals surface area contributed by atoms with Crippen LogP contribution in [0, 0.1) is 14.9 Å². The fraction of sp³-hybridized carbons (Fsp3) is 0.111. The van der Waals surface area contributed by atoms with E-state index < -0.39 is 0 Å². The highest BCUT2D eigenvalue weighted by atomic mass is 127. The first kappa shape index (κ1) is 16.8. The molecule has 0 radical (unpaired) electrons. The summed E-state index contributed by atoms with van der Waals surface area (Å²) in [7, 11) is 0. The van der Waals surface area contributed by atoms with Crippen LogP contribution in [0.3, 0.4) is 0 Å². The summed E-state index contributed by atoms with van der Waals surface area (Å²) in [5, 5.41) is 20.2. The van der Waals surface area contributed by atoms with E-state index in [1.807, 2.05) is 35.6 Å². The van der Waals surface area contributed by atoms with Gasteiger partial charge in [0.25, 0.3) is 0 Å². The molecule has 0 aliphatic rings. The third-order valence-electron chi connectivity index (χ3n) is 3.72. The summed E-state index contributed by atoms with van der Waals surface area (Å²) in [4.78, 5) is 13.0. The molecule has 0 aliphatic heterocycles. The summed E-state index contributed by atoms with van der Waals surface area (Å²) in [6.45, 7) is 1.90. The number of carbonyl (C=O) groups is 1. The lowest BCUT2D eigenvalue weighted by molar-refractivity contribution is 0.103. The standard InChI is InChI=1S/C18H11ClINO3/c1-2-14-16(12-7-11(19)3-4-15(12)24-14)18(23)9-5-10(8-21)17(22)13(20)6-9/h3-7,22H,2H2,1H3. The smallest absolute Gasteiger partial charge is 0.197 e. The molecule has 1 N–H and O–H groups in total. The van der Waals surface area contributed by atoms with Gasteiger partial charge in [-0.25, -0.2) is 0 Å². The Labute approximate surface area is 156 Å². The lowest BCUT2D eigenvalue weighted by Crippen LogP contribution is -2.04. The minimum atomic E-state index is -0.262. The highest BCUT2D eigenvalue weighted by Gasteiger charge is 2.23. The number of rotatable bonds is 3. The van der Waals surface area contributed by atoms with E-state index in [9.17, 15) is 9.90 Å². The first-order valence-corrected chi connectivity index (χ1v) is 8.60. The zero-order valence-electron chi connectivity index (χ0n) is 12.6. The molecule has 3 rings (SSSR count). The maximum absolute atomic E-state index is 13.0. The van der Waals surface area contributed by atoms with Crippen LogP contribution in [0.25, 0.3) is 11.0 Å². The van der Waals surface area contributed by atoms with E-state index in [2.05, 4.69) is 0 Å². The van der Waals surface area contributed by atoms with Crippen molar-refractivity contribution in [3.05, 3.63) is 61.4 Å². The fourth-order valence-electron chi connectivity index (χ4n) is 2.58. The Morgan fingerprint density at radius 3 is 2.79 bits per heavy atom. The number of nitrogens with zero attached hydrogens (tertiary/aromatic N) is 1. The number of furan rings is 1. The van der Waals surface area contributed by atoms with Crippen molar-refractivity contribution < 1.29 is 14.3 Å². The second-order valence-corrected chi connectivity index (χ2v) is 6.79. The predicted molar refractivity (Wildman–Crippen MR) is 99.6 cm³/mol. The van der Waals surface area contributed by atoms with E-state index >= 15 is 0 Å². The third kappa shape index (κ3) is 2.76. The van der Waals surface area contributed by atoms with Crippen LogP contribution in [-0.2, 0) is 6.42 Å². The van der Waals surface area contributed by atoms with Gasteiger partial charge in [-0.15, -0.1) is 0 Å². The molecule has 24 heavy (non-hydrogen) atoms. The van der Waals surface area contributed by atoms with Crippen LogP contribution in [0.5, 0.6) is 5.75 Å². The minimum absolute atomic E-state index is 0.0640. The summed E-state index contributed by atoms with van der Waals surface area (Å²) >= 11 is 7.95. The Kier molecular flexibility index (Phi) is 4.52. The number of phenolic OH excluding ortho intramolecular Hbond substituents is 1. The minimum Gasteiger partial charge on any atom is -0.505 e. The number of benzene rings is 2. The van der Waals surface area contributed by atoms with E-state index in [4.69, 9.17) is 21.3 Å². The average Bonchev–Trinajstić information content (AvgIpc) is 2.94. The fourth-order valence-corrected chi connectivity index (χ4v) is 3.38.